The zero-order chi connectivity index (χ0) is 12.3. The van der Waals surface area contributed by atoms with E-state index in [-0.39, 0.29) is 11.8 Å². The van der Waals surface area contributed by atoms with E-state index >= 15 is 0 Å². The third kappa shape index (κ3) is 2.82. The Balaban J connectivity index is 2.18. The first-order valence-electron chi connectivity index (χ1n) is 5.63. The van der Waals surface area contributed by atoms with Gasteiger partial charge in [0.15, 0.2) is 0 Å². The summed E-state index contributed by atoms with van der Waals surface area (Å²) in [6.45, 7) is 1.90. The molecule has 0 fully saturated rings. The molecule has 3 heteroatoms. The number of nitrogens with two attached hydrogens (primary N) is 1. The maximum Gasteiger partial charge on any atom is 0.137 e. The molecule has 3 N–H and O–H groups in total. The summed E-state index contributed by atoms with van der Waals surface area (Å²) >= 11 is 0. The van der Waals surface area contributed by atoms with Crippen LogP contribution >= 0.6 is 0 Å². The first-order chi connectivity index (χ1) is 8.16. The lowest BCUT2D eigenvalue weighted by Gasteiger charge is -2.12. The van der Waals surface area contributed by atoms with Crippen molar-refractivity contribution in [3.63, 3.8) is 0 Å². The van der Waals surface area contributed by atoms with Crippen molar-refractivity contribution in [2.24, 2.45) is 5.73 Å². The monoisotopic (exact) mass is 228 g/mol. The summed E-state index contributed by atoms with van der Waals surface area (Å²) in [6, 6.07) is 13.1. The fraction of sp³-hybridized carbons (Fsp3) is 0.214. The van der Waals surface area contributed by atoms with Crippen molar-refractivity contribution in [3.05, 3.63) is 59.4 Å². The number of rotatable bonds is 3. The molecule has 1 aromatic heterocycles. The van der Waals surface area contributed by atoms with Gasteiger partial charge in [-0.05, 0) is 24.6 Å². The molecule has 0 radical (unpaired) electrons. The second-order valence-corrected chi connectivity index (χ2v) is 4.14. The quantitative estimate of drug-likeness (QED) is 0.847. The lowest BCUT2D eigenvalue weighted by atomic mass is 10.0. The summed E-state index contributed by atoms with van der Waals surface area (Å²) in [5.74, 6) is 0.210. The largest absolute Gasteiger partial charge is 0.506 e. The molecule has 0 amide bonds. The highest BCUT2D eigenvalue weighted by Gasteiger charge is 2.11. The minimum atomic E-state index is -0.142. The zero-order valence-electron chi connectivity index (χ0n) is 9.80. The molecule has 2 rings (SSSR count). The fourth-order valence-electron chi connectivity index (χ4n) is 1.78. The van der Waals surface area contributed by atoms with Crippen LogP contribution in [0.4, 0.5) is 0 Å². The number of hydrogen-bond acceptors (Lipinski definition) is 3. The highest BCUT2D eigenvalue weighted by molar-refractivity contribution is 5.30. The van der Waals surface area contributed by atoms with Gasteiger partial charge in [0.2, 0.25) is 0 Å². The van der Waals surface area contributed by atoms with Gasteiger partial charge in [0.1, 0.15) is 5.75 Å². The van der Waals surface area contributed by atoms with Crippen LogP contribution in [0.1, 0.15) is 23.0 Å². The topological polar surface area (TPSA) is 59.1 Å². The summed E-state index contributed by atoms with van der Waals surface area (Å²) in [7, 11) is 0. The smallest absolute Gasteiger partial charge is 0.137 e. The first-order valence-corrected chi connectivity index (χ1v) is 5.63. The Morgan fingerprint density at radius 1 is 1.18 bits per heavy atom. The van der Waals surface area contributed by atoms with E-state index in [2.05, 4.69) is 4.98 Å². The Labute approximate surface area is 101 Å². The summed E-state index contributed by atoms with van der Waals surface area (Å²) in [6.07, 6.45) is 0.539. The standard InChI is InChI=1S/C14H16N2O/c1-10-7-8-14(17)13(16-10)9-12(15)11-5-3-2-4-6-11/h2-8,12,17H,9,15H2,1H3. The van der Waals surface area contributed by atoms with Gasteiger partial charge in [-0.3, -0.25) is 4.98 Å². The second kappa shape index (κ2) is 4.97. The zero-order valence-corrected chi connectivity index (χ0v) is 9.80. The molecule has 17 heavy (non-hydrogen) atoms. The third-order valence-electron chi connectivity index (χ3n) is 2.73. The van der Waals surface area contributed by atoms with Gasteiger partial charge in [-0.25, -0.2) is 0 Å². The summed E-state index contributed by atoms with van der Waals surface area (Å²) in [5, 5.41) is 9.71. The van der Waals surface area contributed by atoms with Gasteiger partial charge in [-0.2, -0.15) is 0 Å². The lowest BCUT2D eigenvalue weighted by Crippen LogP contribution is -2.14. The molecule has 1 atom stereocenters. The predicted octanol–water partition coefficient (Wildman–Crippen LogP) is 2.34. The fourth-order valence-corrected chi connectivity index (χ4v) is 1.78. The molecule has 0 aliphatic heterocycles. The van der Waals surface area contributed by atoms with Crippen molar-refractivity contribution in [1.29, 1.82) is 0 Å². The van der Waals surface area contributed by atoms with E-state index in [0.29, 0.717) is 12.1 Å². The number of aromatic hydroxyl groups is 1. The van der Waals surface area contributed by atoms with Crippen molar-refractivity contribution in [2.45, 2.75) is 19.4 Å². The van der Waals surface area contributed by atoms with Crippen molar-refractivity contribution in [3.8, 4) is 5.75 Å². The van der Waals surface area contributed by atoms with Crippen molar-refractivity contribution in [2.75, 3.05) is 0 Å². The van der Waals surface area contributed by atoms with Crippen LogP contribution in [0, 0.1) is 6.92 Å². The predicted molar refractivity (Wildman–Crippen MR) is 67.7 cm³/mol. The summed E-state index contributed by atoms with van der Waals surface area (Å²) < 4.78 is 0. The highest BCUT2D eigenvalue weighted by Crippen LogP contribution is 2.21. The Bertz CT molecular complexity index is 497. The van der Waals surface area contributed by atoms with Gasteiger partial charge in [0.25, 0.3) is 0 Å². The van der Waals surface area contributed by atoms with Crippen LogP contribution in [0.5, 0.6) is 5.75 Å². The number of pyridine rings is 1. The number of aryl methyl sites for hydroxylation is 1. The second-order valence-electron chi connectivity index (χ2n) is 4.14. The van der Waals surface area contributed by atoms with E-state index in [9.17, 15) is 5.11 Å². The Morgan fingerprint density at radius 2 is 1.88 bits per heavy atom. The molecular formula is C14H16N2O. The van der Waals surface area contributed by atoms with Gasteiger partial charge >= 0.3 is 0 Å². The molecule has 0 saturated heterocycles. The minimum Gasteiger partial charge on any atom is -0.506 e. The van der Waals surface area contributed by atoms with Crippen molar-refractivity contribution >= 4 is 0 Å². The van der Waals surface area contributed by atoms with Gasteiger partial charge < -0.3 is 10.8 Å². The molecule has 0 aliphatic rings. The molecule has 0 saturated carbocycles. The number of nitrogens with zero attached hydrogens (tertiary/aromatic N) is 1. The van der Waals surface area contributed by atoms with E-state index < -0.39 is 0 Å². The molecule has 2 aromatic rings. The van der Waals surface area contributed by atoms with Gasteiger partial charge in [-0.1, -0.05) is 30.3 Å². The molecule has 88 valence electrons. The highest BCUT2D eigenvalue weighted by atomic mass is 16.3. The molecule has 1 aromatic carbocycles. The Kier molecular flexibility index (Phi) is 3.40. The molecule has 0 spiro atoms. The van der Waals surface area contributed by atoms with Crippen LogP contribution < -0.4 is 5.73 Å². The van der Waals surface area contributed by atoms with Crippen LogP contribution in [-0.4, -0.2) is 10.1 Å². The average Bonchev–Trinajstić information content (AvgIpc) is 2.35. The van der Waals surface area contributed by atoms with E-state index in [1.807, 2.05) is 37.3 Å². The van der Waals surface area contributed by atoms with Gasteiger partial charge in [-0.15, -0.1) is 0 Å². The maximum absolute atomic E-state index is 9.71. The molecule has 0 aliphatic carbocycles. The Hall–Kier alpha value is -1.87. The molecule has 0 bridgehead atoms. The lowest BCUT2D eigenvalue weighted by molar-refractivity contribution is 0.460. The van der Waals surface area contributed by atoms with E-state index in [1.165, 1.54) is 0 Å². The van der Waals surface area contributed by atoms with Crippen LogP contribution in [0.25, 0.3) is 0 Å². The molecule has 1 unspecified atom stereocenters. The molecule has 1 heterocycles. The van der Waals surface area contributed by atoms with E-state index in [4.69, 9.17) is 5.73 Å². The van der Waals surface area contributed by atoms with Gasteiger partial charge in [0, 0.05) is 18.2 Å². The molecular weight excluding hydrogens is 212 g/mol. The van der Waals surface area contributed by atoms with Crippen molar-refractivity contribution < 1.29 is 5.11 Å². The first kappa shape index (κ1) is 11.6. The van der Waals surface area contributed by atoms with E-state index in [0.717, 1.165) is 11.3 Å². The van der Waals surface area contributed by atoms with Crippen LogP contribution in [-0.2, 0) is 6.42 Å². The SMILES string of the molecule is Cc1ccc(O)c(CC(N)c2ccccc2)n1. The minimum absolute atomic E-state index is 0.142. The summed E-state index contributed by atoms with van der Waals surface area (Å²) in [5.41, 5.74) is 8.69. The normalized spacial score (nSPS) is 12.4. The van der Waals surface area contributed by atoms with Crippen LogP contribution in [0.3, 0.4) is 0 Å². The number of hydrogen-bond donors (Lipinski definition) is 2. The Morgan fingerprint density at radius 3 is 2.59 bits per heavy atom. The maximum atomic E-state index is 9.71. The van der Waals surface area contributed by atoms with Crippen molar-refractivity contribution in [1.82, 2.24) is 4.98 Å². The van der Waals surface area contributed by atoms with E-state index in [1.54, 1.807) is 12.1 Å². The molecule has 3 nitrogen and oxygen atoms in total. The van der Waals surface area contributed by atoms with Crippen LogP contribution in [0.15, 0.2) is 42.5 Å². The summed E-state index contributed by atoms with van der Waals surface area (Å²) in [4.78, 5) is 4.31. The third-order valence-corrected chi connectivity index (χ3v) is 2.73. The number of benzene rings is 1. The average molecular weight is 228 g/mol. The number of aromatic nitrogens is 1. The van der Waals surface area contributed by atoms with Gasteiger partial charge in [0.05, 0.1) is 5.69 Å². The van der Waals surface area contributed by atoms with Crippen LogP contribution in [0.2, 0.25) is 0 Å².